The first-order chi connectivity index (χ1) is 11.7. The predicted molar refractivity (Wildman–Crippen MR) is 100 cm³/mol. The van der Waals surface area contributed by atoms with Gasteiger partial charge in [0, 0.05) is 40.3 Å². The third kappa shape index (κ3) is 6.49. The van der Waals surface area contributed by atoms with E-state index in [9.17, 15) is 0 Å². The number of likely N-dealkylation sites (tertiary alicyclic amines) is 1. The van der Waals surface area contributed by atoms with Gasteiger partial charge in [-0.05, 0) is 36.4 Å². The van der Waals surface area contributed by atoms with E-state index in [4.69, 9.17) is 4.74 Å². The van der Waals surface area contributed by atoms with E-state index in [2.05, 4.69) is 51.7 Å². The first-order valence-corrected chi connectivity index (χ1v) is 8.95. The highest BCUT2D eigenvalue weighted by molar-refractivity contribution is 5.79. The van der Waals surface area contributed by atoms with Crippen LogP contribution in [0.15, 0.2) is 29.3 Å². The molecule has 1 saturated heterocycles. The molecule has 1 atom stereocenters. The van der Waals surface area contributed by atoms with E-state index < -0.39 is 0 Å². The molecule has 0 amide bonds. The molecule has 1 aliphatic rings. The van der Waals surface area contributed by atoms with Gasteiger partial charge in [0.1, 0.15) is 0 Å². The zero-order chi connectivity index (χ0) is 17.2. The highest BCUT2D eigenvalue weighted by Gasteiger charge is 2.15. The molecule has 0 spiro atoms. The van der Waals surface area contributed by atoms with Gasteiger partial charge in [0.2, 0.25) is 0 Å². The molecule has 24 heavy (non-hydrogen) atoms. The van der Waals surface area contributed by atoms with Crippen LogP contribution in [0.5, 0.6) is 0 Å². The highest BCUT2D eigenvalue weighted by atomic mass is 16.5. The van der Waals surface area contributed by atoms with Crippen LogP contribution in [0.2, 0.25) is 0 Å². The van der Waals surface area contributed by atoms with Crippen molar-refractivity contribution in [2.75, 3.05) is 40.4 Å². The van der Waals surface area contributed by atoms with Crippen molar-refractivity contribution in [1.82, 2.24) is 15.5 Å². The van der Waals surface area contributed by atoms with Crippen LogP contribution in [0.25, 0.3) is 0 Å². The van der Waals surface area contributed by atoms with E-state index >= 15 is 0 Å². The molecule has 1 heterocycles. The summed E-state index contributed by atoms with van der Waals surface area (Å²) in [5.74, 6) is 1.64. The standard InChI is InChI=1S/C19H32N4O/c1-16-5-4-11-23(14-16)15-18-8-6-17(7-9-18)13-22-19(20-2)21-10-12-24-3/h6-9,16H,4-5,10-15H2,1-3H3,(H2,20,21,22). The molecule has 0 aliphatic carbocycles. The number of hydrogen-bond acceptors (Lipinski definition) is 3. The molecular formula is C19H32N4O. The summed E-state index contributed by atoms with van der Waals surface area (Å²) in [7, 11) is 3.48. The van der Waals surface area contributed by atoms with Gasteiger partial charge in [-0.3, -0.25) is 9.89 Å². The predicted octanol–water partition coefficient (Wildman–Crippen LogP) is 2.23. The molecule has 2 rings (SSSR count). The Balaban J connectivity index is 1.77. The van der Waals surface area contributed by atoms with E-state index in [0.29, 0.717) is 6.61 Å². The van der Waals surface area contributed by atoms with E-state index in [-0.39, 0.29) is 0 Å². The van der Waals surface area contributed by atoms with Gasteiger partial charge < -0.3 is 15.4 Å². The van der Waals surface area contributed by atoms with Crippen molar-refractivity contribution in [3.63, 3.8) is 0 Å². The third-order valence-corrected chi connectivity index (χ3v) is 4.45. The van der Waals surface area contributed by atoms with Crippen LogP contribution in [0.3, 0.4) is 0 Å². The fourth-order valence-corrected chi connectivity index (χ4v) is 3.13. The van der Waals surface area contributed by atoms with Gasteiger partial charge in [0.05, 0.1) is 6.61 Å². The molecule has 2 N–H and O–H groups in total. The molecule has 5 nitrogen and oxygen atoms in total. The summed E-state index contributed by atoms with van der Waals surface area (Å²) < 4.78 is 5.03. The molecule has 1 unspecified atom stereocenters. The maximum absolute atomic E-state index is 5.03. The topological polar surface area (TPSA) is 48.9 Å². The lowest BCUT2D eigenvalue weighted by Crippen LogP contribution is -2.38. The number of benzene rings is 1. The molecule has 1 fully saturated rings. The highest BCUT2D eigenvalue weighted by Crippen LogP contribution is 2.18. The Morgan fingerprint density at radius 2 is 2.00 bits per heavy atom. The second-order valence-electron chi connectivity index (χ2n) is 6.64. The number of aliphatic imine (C=N–C) groups is 1. The van der Waals surface area contributed by atoms with Gasteiger partial charge in [-0.1, -0.05) is 31.2 Å². The normalized spacial score (nSPS) is 19.3. The Labute approximate surface area is 146 Å². The largest absolute Gasteiger partial charge is 0.383 e. The number of hydrogen-bond donors (Lipinski definition) is 2. The lowest BCUT2D eigenvalue weighted by Gasteiger charge is -2.30. The molecule has 0 aromatic heterocycles. The Kier molecular flexibility index (Phi) is 8.05. The monoisotopic (exact) mass is 332 g/mol. The van der Waals surface area contributed by atoms with Crippen molar-refractivity contribution in [2.24, 2.45) is 10.9 Å². The Bertz CT molecular complexity index is 501. The minimum atomic E-state index is 0.671. The average Bonchev–Trinajstić information content (AvgIpc) is 2.59. The second-order valence-corrected chi connectivity index (χ2v) is 6.64. The van der Waals surface area contributed by atoms with E-state index in [0.717, 1.165) is 31.5 Å². The van der Waals surface area contributed by atoms with Crippen molar-refractivity contribution in [1.29, 1.82) is 0 Å². The molecule has 1 aromatic rings. The number of nitrogens with zero attached hydrogens (tertiary/aromatic N) is 2. The minimum Gasteiger partial charge on any atom is -0.383 e. The van der Waals surface area contributed by atoms with Gasteiger partial charge >= 0.3 is 0 Å². The van der Waals surface area contributed by atoms with Crippen molar-refractivity contribution in [2.45, 2.75) is 32.9 Å². The molecule has 5 heteroatoms. The van der Waals surface area contributed by atoms with Crippen LogP contribution in [-0.4, -0.2) is 51.3 Å². The van der Waals surface area contributed by atoms with E-state index in [1.165, 1.54) is 37.1 Å². The van der Waals surface area contributed by atoms with Gasteiger partial charge in [-0.15, -0.1) is 0 Å². The van der Waals surface area contributed by atoms with Crippen LogP contribution in [-0.2, 0) is 17.8 Å². The number of rotatable bonds is 7. The van der Waals surface area contributed by atoms with Crippen LogP contribution in [0, 0.1) is 5.92 Å². The van der Waals surface area contributed by atoms with Gasteiger partial charge in [-0.25, -0.2) is 0 Å². The third-order valence-electron chi connectivity index (χ3n) is 4.45. The number of nitrogens with one attached hydrogen (secondary N) is 2. The summed E-state index contributed by atoms with van der Waals surface area (Å²) in [5, 5.41) is 6.54. The summed E-state index contributed by atoms with van der Waals surface area (Å²) in [6, 6.07) is 8.91. The molecule has 0 saturated carbocycles. The first-order valence-electron chi connectivity index (χ1n) is 8.95. The number of methoxy groups -OCH3 is 1. The lowest BCUT2D eigenvalue weighted by atomic mass is 9.99. The fraction of sp³-hybridized carbons (Fsp3) is 0.632. The van der Waals surface area contributed by atoms with Gasteiger partial charge in [-0.2, -0.15) is 0 Å². The molecule has 1 aliphatic heterocycles. The van der Waals surface area contributed by atoms with E-state index in [1.54, 1.807) is 14.2 Å². The summed E-state index contributed by atoms with van der Waals surface area (Å²) in [6.07, 6.45) is 2.71. The smallest absolute Gasteiger partial charge is 0.191 e. The summed E-state index contributed by atoms with van der Waals surface area (Å²) in [4.78, 5) is 6.78. The fourth-order valence-electron chi connectivity index (χ4n) is 3.13. The SMILES string of the molecule is CN=C(NCCOC)NCc1ccc(CN2CCCC(C)C2)cc1. The van der Waals surface area contributed by atoms with Crippen molar-refractivity contribution < 1.29 is 4.74 Å². The van der Waals surface area contributed by atoms with Crippen LogP contribution in [0.4, 0.5) is 0 Å². The van der Waals surface area contributed by atoms with Crippen LogP contribution >= 0.6 is 0 Å². The van der Waals surface area contributed by atoms with Crippen LogP contribution < -0.4 is 10.6 Å². The maximum atomic E-state index is 5.03. The molecular weight excluding hydrogens is 300 g/mol. The second kappa shape index (κ2) is 10.3. The molecule has 1 aromatic carbocycles. The molecule has 0 radical (unpaired) electrons. The Morgan fingerprint density at radius 3 is 2.67 bits per heavy atom. The van der Waals surface area contributed by atoms with Crippen molar-refractivity contribution in [3.05, 3.63) is 35.4 Å². The van der Waals surface area contributed by atoms with E-state index in [1.807, 2.05) is 0 Å². The molecule has 0 bridgehead atoms. The van der Waals surface area contributed by atoms with Gasteiger partial charge in [0.25, 0.3) is 0 Å². The summed E-state index contributed by atoms with van der Waals surface area (Å²) >= 11 is 0. The quantitative estimate of drug-likeness (QED) is 0.457. The first kappa shape index (κ1) is 18.7. The Morgan fingerprint density at radius 1 is 1.25 bits per heavy atom. The van der Waals surface area contributed by atoms with Crippen molar-refractivity contribution in [3.8, 4) is 0 Å². The van der Waals surface area contributed by atoms with Crippen molar-refractivity contribution >= 4 is 5.96 Å². The Hall–Kier alpha value is -1.59. The maximum Gasteiger partial charge on any atom is 0.191 e. The summed E-state index contributed by atoms with van der Waals surface area (Å²) in [6.45, 7) is 8.08. The summed E-state index contributed by atoms with van der Waals surface area (Å²) in [5.41, 5.74) is 2.66. The average molecular weight is 332 g/mol. The molecule has 134 valence electrons. The number of ether oxygens (including phenoxy) is 1. The van der Waals surface area contributed by atoms with Gasteiger partial charge in [0.15, 0.2) is 5.96 Å². The minimum absolute atomic E-state index is 0.671. The number of guanidine groups is 1. The zero-order valence-electron chi connectivity index (χ0n) is 15.3. The zero-order valence-corrected chi connectivity index (χ0v) is 15.3. The number of piperidine rings is 1. The van der Waals surface area contributed by atoms with Crippen LogP contribution in [0.1, 0.15) is 30.9 Å². The lowest BCUT2D eigenvalue weighted by molar-refractivity contribution is 0.176.